The van der Waals surface area contributed by atoms with Crippen molar-refractivity contribution in [2.45, 2.75) is 19.9 Å². The number of fused-ring (bicyclic) bond motifs is 1. The molecule has 1 aliphatic heterocycles. The molecule has 1 atom stereocenters. The molecule has 0 radical (unpaired) electrons. The number of amides is 1. The number of imidazole rings is 1. The van der Waals surface area contributed by atoms with E-state index < -0.39 is 23.5 Å². The third kappa shape index (κ3) is 3.61. The first kappa shape index (κ1) is 20.8. The third-order valence-electron chi connectivity index (χ3n) is 5.69. The highest BCUT2D eigenvalue weighted by Gasteiger charge is 2.44. The van der Waals surface area contributed by atoms with Crippen molar-refractivity contribution < 1.29 is 19.6 Å². The Morgan fingerprint density at radius 3 is 2.48 bits per heavy atom. The molecule has 7 heteroatoms. The molecule has 7 nitrogen and oxygen atoms in total. The molecular formula is C24H26N4O3. The van der Waals surface area contributed by atoms with Crippen LogP contribution < -0.4 is 10.0 Å². The van der Waals surface area contributed by atoms with E-state index in [0.29, 0.717) is 30.1 Å². The molecule has 1 fully saturated rings. The fourth-order valence-corrected chi connectivity index (χ4v) is 4.05. The number of benzene rings is 1. The van der Waals surface area contributed by atoms with Crippen LogP contribution in [0.3, 0.4) is 0 Å². The number of rotatable bonds is 5. The van der Waals surface area contributed by atoms with Crippen molar-refractivity contribution >= 4 is 23.1 Å². The predicted molar refractivity (Wildman–Crippen MR) is 115 cm³/mol. The molecule has 0 bridgehead atoms. The second-order valence-corrected chi connectivity index (χ2v) is 8.32. The number of nitrogens with one attached hydrogen (secondary N) is 1. The van der Waals surface area contributed by atoms with Crippen molar-refractivity contribution in [2.24, 2.45) is 0 Å². The van der Waals surface area contributed by atoms with Crippen LogP contribution in [-0.4, -0.2) is 53.2 Å². The minimum Gasteiger partial charge on any atom is -0.871 e. The molecule has 1 unspecified atom stereocenters. The number of nitrogens with zero attached hydrogens (tertiary/aromatic N) is 3. The van der Waals surface area contributed by atoms with Crippen LogP contribution in [0.2, 0.25) is 0 Å². The van der Waals surface area contributed by atoms with E-state index in [9.17, 15) is 14.7 Å². The molecule has 3 aromatic rings. The zero-order valence-corrected chi connectivity index (χ0v) is 18.2. The Bertz CT molecular complexity index is 1190. The average Bonchev–Trinajstić information content (AvgIpc) is 3.20. The summed E-state index contributed by atoms with van der Waals surface area (Å²) in [4.78, 5) is 33.2. The molecular weight excluding hydrogens is 392 g/mol. The van der Waals surface area contributed by atoms with Gasteiger partial charge in [0.2, 0.25) is 5.78 Å². The highest BCUT2D eigenvalue weighted by molar-refractivity contribution is 6.46. The summed E-state index contributed by atoms with van der Waals surface area (Å²) in [5.74, 6) is -1.80. The van der Waals surface area contributed by atoms with E-state index in [0.717, 1.165) is 16.0 Å². The van der Waals surface area contributed by atoms with Crippen molar-refractivity contribution in [1.82, 2.24) is 14.3 Å². The first-order valence-corrected chi connectivity index (χ1v) is 10.4. The van der Waals surface area contributed by atoms with Gasteiger partial charge in [-0.15, -0.1) is 0 Å². The van der Waals surface area contributed by atoms with Gasteiger partial charge in [-0.3, -0.25) is 9.59 Å². The van der Waals surface area contributed by atoms with Gasteiger partial charge in [-0.1, -0.05) is 41.7 Å². The number of hydrogen-bond donors (Lipinski definition) is 1. The quantitative estimate of drug-likeness (QED) is 0.368. The van der Waals surface area contributed by atoms with Gasteiger partial charge in [0.25, 0.3) is 5.91 Å². The topological polar surface area (TPSA) is 82.2 Å². The normalized spacial score (nSPS) is 18.5. The second kappa shape index (κ2) is 8.00. The number of likely N-dealkylation sites (tertiary alicyclic amines) is 1. The summed E-state index contributed by atoms with van der Waals surface area (Å²) >= 11 is 0. The smallest absolute Gasteiger partial charge is 0.295 e. The molecule has 160 valence electrons. The van der Waals surface area contributed by atoms with Crippen molar-refractivity contribution in [3.05, 3.63) is 76.7 Å². The Kier molecular flexibility index (Phi) is 5.37. The predicted octanol–water partition coefficient (Wildman–Crippen LogP) is 0.320. The number of carbonyl (C=O) groups excluding carboxylic acids is 2. The number of likely N-dealkylation sites (N-methyl/N-ethyl adjacent to an activating group) is 1. The molecule has 1 saturated heterocycles. The Balaban J connectivity index is 1.92. The Labute approximate surface area is 181 Å². The third-order valence-corrected chi connectivity index (χ3v) is 5.69. The van der Waals surface area contributed by atoms with Crippen molar-refractivity contribution in [3.63, 3.8) is 0 Å². The number of pyridine rings is 1. The van der Waals surface area contributed by atoms with Crippen LogP contribution in [0.5, 0.6) is 0 Å². The van der Waals surface area contributed by atoms with Gasteiger partial charge in [-0.2, -0.15) is 0 Å². The lowest BCUT2D eigenvalue weighted by atomic mass is 9.95. The van der Waals surface area contributed by atoms with Gasteiger partial charge in [-0.05, 0) is 31.5 Å². The molecule has 0 saturated carbocycles. The zero-order chi connectivity index (χ0) is 22.3. The summed E-state index contributed by atoms with van der Waals surface area (Å²) in [5, 5.41) is 13.7. The largest absolute Gasteiger partial charge is 0.871 e. The molecule has 3 heterocycles. The molecule has 31 heavy (non-hydrogen) atoms. The average molecular weight is 418 g/mol. The number of Topliss-reactive ketones (excluding diaryl/α,β-unsaturated/α-hetero) is 1. The van der Waals surface area contributed by atoms with Crippen molar-refractivity contribution in [2.75, 3.05) is 27.2 Å². The van der Waals surface area contributed by atoms with E-state index in [1.165, 1.54) is 4.90 Å². The molecule has 0 aliphatic carbocycles. The molecule has 2 aromatic heterocycles. The van der Waals surface area contributed by atoms with E-state index in [1.807, 2.05) is 51.4 Å². The van der Waals surface area contributed by atoms with E-state index in [2.05, 4.69) is 4.98 Å². The number of aryl methyl sites for hydroxylation is 2. The van der Waals surface area contributed by atoms with Crippen LogP contribution >= 0.6 is 0 Å². The minimum absolute atomic E-state index is 0.00337. The van der Waals surface area contributed by atoms with Gasteiger partial charge in [0, 0.05) is 11.8 Å². The van der Waals surface area contributed by atoms with Gasteiger partial charge in [-0.25, -0.2) is 4.98 Å². The fourth-order valence-electron chi connectivity index (χ4n) is 4.05. The highest BCUT2D eigenvalue weighted by Crippen LogP contribution is 2.38. The summed E-state index contributed by atoms with van der Waals surface area (Å²) in [6.07, 6.45) is 1.75. The summed E-state index contributed by atoms with van der Waals surface area (Å²) < 4.78 is 1.68. The van der Waals surface area contributed by atoms with Crippen LogP contribution in [0.1, 0.15) is 28.6 Å². The van der Waals surface area contributed by atoms with Gasteiger partial charge in [0.1, 0.15) is 5.65 Å². The second-order valence-electron chi connectivity index (χ2n) is 8.32. The lowest BCUT2D eigenvalue weighted by Crippen LogP contribution is -3.06. The van der Waals surface area contributed by atoms with Gasteiger partial charge in [0.15, 0.2) is 0 Å². The molecule has 1 amide bonds. The monoisotopic (exact) mass is 418 g/mol. The van der Waals surface area contributed by atoms with E-state index >= 15 is 0 Å². The molecule has 1 N–H and O–H groups in total. The Morgan fingerprint density at radius 1 is 1.10 bits per heavy atom. The molecule has 4 rings (SSSR count). The maximum Gasteiger partial charge on any atom is 0.295 e. The van der Waals surface area contributed by atoms with Gasteiger partial charge in [0.05, 0.1) is 44.6 Å². The minimum atomic E-state index is -0.727. The van der Waals surface area contributed by atoms with Crippen LogP contribution in [0.15, 0.2) is 54.2 Å². The van der Waals surface area contributed by atoms with Crippen LogP contribution in [0.4, 0.5) is 0 Å². The summed E-state index contributed by atoms with van der Waals surface area (Å²) in [6, 6.07) is 12.4. The van der Waals surface area contributed by atoms with Crippen LogP contribution in [0, 0.1) is 13.8 Å². The SMILES string of the molecule is Cc1ccc(C2C(=C([O-])c3c(C)nc4ccccn34)C(=O)C(=O)N2CC[NH+](C)C)cc1. The first-order chi connectivity index (χ1) is 14.8. The molecule has 1 aliphatic rings. The van der Waals surface area contributed by atoms with E-state index in [4.69, 9.17) is 0 Å². The number of ketones is 1. The molecule has 1 aromatic carbocycles. The van der Waals surface area contributed by atoms with E-state index in [1.54, 1.807) is 29.7 Å². The maximum atomic E-state index is 13.7. The Morgan fingerprint density at radius 2 is 1.81 bits per heavy atom. The number of hydrogen-bond acceptors (Lipinski definition) is 4. The first-order valence-electron chi connectivity index (χ1n) is 10.4. The fraction of sp³-hybridized carbons (Fsp3) is 0.292. The summed E-state index contributed by atoms with van der Waals surface area (Å²) in [7, 11) is 3.97. The van der Waals surface area contributed by atoms with Gasteiger partial charge < -0.3 is 19.3 Å². The maximum absolute atomic E-state index is 13.7. The van der Waals surface area contributed by atoms with Crippen LogP contribution in [0.25, 0.3) is 11.4 Å². The lowest BCUT2D eigenvalue weighted by molar-refractivity contribution is -0.857. The van der Waals surface area contributed by atoms with E-state index in [-0.39, 0.29) is 5.57 Å². The highest BCUT2D eigenvalue weighted by atomic mass is 16.3. The van der Waals surface area contributed by atoms with Crippen molar-refractivity contribution in [3.8, 4) is 0 Å². The number of aromatic nitrogens is 2. The number of carbonyl (C=O) groups is 2. The summed E-state index contributed by atoms with van der Waals surface area (Å²) in [6.45, 7) is 4.77. The summed E-state index contributed by atoms with van der Waals surface area (Å²) in [5.41, 5.74) is 3.30. The Hall–Kier alpha value is -3.45. The van der Waals surface area contributed by atoms with Crippen LogP contribution in [-0.2, 0) is 9.59 Å². The van der Waals surface area contributed by atoms with Gasteiger partial charge >= 0.3 is 0 Å². The zero-order valence-electron chi connectivity index (χ0n) is 18.2. The molecule has 0 spiro atoms. The number of quaternary nitrogens is 1. The standard InChI is InChI=1S/C24H26N4O3/c1-15-8-10-17(11-9-15)21-19(23(30)24(31)28(21)14-13-26(3)4)22(29)20-16(2)25-18-7-5-6-12-27(18)20/h5-12,21,29H,13-14H2,1-4H3. The lowest BCUT2D eigenvalue weighted by Gasteiger charge is -2.27. The van der Waals surface area contributed by atoms with Crippen molar-refractivity contribution in [1.29, 1.82) is 0 Å².